The van der Waals surface area contributed by atoms with E-state index in [2.05, 4.69) is 6.92 Å². The van der Waals surface area contributed by atoms with E-state index in [0.717, 1.165) is 25.7 Å². The second-order valence-corrected chi connectivity index (χ2v) is 6.21. The summed E-state index contributed by atoms with van der Waals surface area (Å²) >= 11 is 0. The van der Waals surface area contributed by atoms with Crippen LogP contribution in [-0.2, 0) is 20.0 Å². The van der Waals surface area contributed by atoms with Crippen LogP contribution in [0, 0.1) is 0 Å². The first-order valence-electron chi connectivity index (χ1n) is 7.00. The van der Waals surface area contributed by atoms with Gasteiger partial charge >= 0.3 is 7.82 Å². The van der Waals surface area contributed by atoms with Gasteiger partial charge in [-0.1, -0.05) is 25.5 Å². The monoisotopic (exact) mass is 300 g/mol. The number of phosphoric ester groups is 1. The number of rotatable bonds is 3. The highest BCUT2D eigenvalue weighted by atomic mass is 31.2. The molecule has 1 aliphatic rings. The number of hydrogen-bond donors (Lipinski definition) is 1. The molecular weight excluding hydrogens is 279 g/mol. The molecule has 112 valence electrons. The van der Waals surface area contributed by atoms with Gasteiger partial charge in [0.15, 0.2) is 0 Å². The summed E-state index contributed by atoms with van der Waals surface area (Å²) in [4.78, 5) is 9.57. The van der Waals surface area contributed by atoms with E-state index in [9.17, 15) is 9.46 Å². The second-order valence-electron chi connectivity index (χ2n) is 4.80. The zero-order valence-electron chi connectivity index (χ0n) is 11.7. The summed E-state index contributed by atoms with van der Waals surface area (Å²) in [6, 6.07) is 7.63. The van der Waals surface area contributed by atoms with Crippen LogP contribution in [0.1, 0.15) is 38.2 Å². The minimum Gasteiger partial charge on any atom is -0.464 e. The molecule has 1 fully saturated rings. The number of benzene rings is 1. The SMILES string of the molecule is CCc1ccc(OC2CCCCCOP(=O)(O)O2)cc1. The third-order valence-corrected chi connectivity index (χ3v) is 4.20. The van der Waals surface area contributed by atoms with Crippen LogP contribution in [-0.4, -0.2) is 17.8 Å². The molecule has 0 saturated carbocycles. The van der Waals surface area contributed by atoms with Crippen molar-refractivity contribution in [1.82, 2.24) is 0 Å². The third-order valence-electron chi connectivity index (χ3n) is 3.19. The van der Waals surface area contributed by atoms with Crippen LogP contribution in [0.3, 0.4) is 0 Å². The lowest BCUT2D eigenvalue weighted by Crippen LogP contribution is -2.19. The van der Waals surface area contributed by atoms with E-state index in [-0.39, 0.29) is 6.61 Å². The van der Waals surface area contributed by atoms with Gasteiger partial charge in [0, 0.05) is 6.42 Å². The van der Waals surface area contributed by atoms with Crippen LogP contribution in [0.15, 0.2) is 24.3 Å². The Morgan fingerprint density at radius 2 is 2.05 bits per heavy atom. The molecule has 5 nitrogen and oxygen atoms in total. The summed E-state index contributed by atoms with van der Waals surface area (Å²) in [7, 11) is -4.02. The smallest absolute Gasteiger partial charge is 0.464 e. The van der Waals surface area contributed by atoms with Gasteiger partial charge in [-0.05, 0) is 37.0 Å². The highest BCUT2D eigenvalue weighted by Gasteiger charge is 2.28. The molecule has 1 aromatic rings. The van der Waals surface area contributed by atoms with Crippen LogP contribution in [0.2, 0.25) is 0 Å². The van der Waals surface area contributed by atoms with Crippen LogP contribution < -0.4 is 4.74 Å². The average molecular weight is 300 g/mol. The van der Waals surface area contributed by atoms with Gasteiger partial charge < -0.3 is 9.63 Å². The lowest BCUT2D eigenvalue weighted by molar-refractivity contribution is -0.0254. The van der Waals surface area contributed by atoms with Crippen LogP contribution in [0.25, 0.3) is 0 Å². The van der Waals surface area contributed by atoms with Crippen molar-refractivity contribution < 1.29 is 23.2 Å². The minimum absolute atomic E-state index is 0.242. The molecule has 1 saturated heterocycles. The molecule has 0 spiro atoms. The zero-order valence-corrected chi connectivity index (χ0v) is 12.6. The summed E-state index contributed by atoms with van der Waals surface area (Å²) in [6.45, 7) is 2.32. The third kappa shape index (κ3) is 4.91. The fourth-order valence-electron chi connectivity index (χ4n) is 2.04. The number of phosphoric acid groups is 1. The van der Waals surface area contributed by atoms with E-state index >= 15 is 0 Å². The Hall–Kier alpha value is -0.870. The molecule has 0 radical (unpaired) electrons. The van der Waals surface area contributed by atoms with E-state index in [4.69, 9.17) is 13.8 Å². The minimum atomic E-state index is -4.02. The lowest BCUT2D eigenvalue weighted by atomic mass is 10.2. The molecule has 2 atom stereocenters. The molecule has 1 aromatic carbocycles. The predicted octanol–water partition coefficient (Wildman–Crippen LogP) is 3.66. The average Bonchev–Trinajstić information content (AvgIpc) is 2.50. The number of aryl methyl sites for hydroxylation is 1. The van der Waals surface area contributed by atoms with E-state index in [1.165, 1.54) is 5.56 Å². The summed E-state index contributed by atoms with van der Waals surface area (Å²) in [5.74, 6) is 0.631. The first-order valence-corrected chi connectivity index (χ1v) is 8.50. The van der Waals surface area contributed by atoms with Gasteiger partial charge in [-0.15, -0.1) is 0 Å². The maximum Gasteiger partial charge on any atom is 0.475 e. The number of ether oxygens (including phenoxy) is 1. The highest BCUT2D eigenvalue weighted by molar-refractivity contribution is 7.47. The maximum atomic E-state index is 11.7. The molecule has 6 heteroatoms. The number of hydrogen-bond acceptors (Lipinski definition) is 4. The molecule has 0 amide bonds. The van der Waals surface area contributed by atoms with E-state index in [1.54, 1.807) is 0 Å². The van der Waals surface area contributed by atoms with Crippen LogP contribution in [0.5, 0.6) is 5.75 Å². The lowest BCUT2D eigenvalue weighted by Gasteiger charge is -2.20. The fraction of sp³-hybridized carbons (Fsp3) is 0.571. The first-order chi connectivity index (χ1) is 9.59. The van der Waals surface area contributed by atoms with Crippen molar-refractivity contribution >= 4 is 7.82 Å². The van der Waals surface area contributed by atoms with Crippen molar-refractivity contribution in [3.05, 3.63) is 29.8 Å². The summed E-state index contributed by atoms with van der Waals surface area (Å²) < 4.78 is 27.3. The molecule has 2 unspecified atom stereocenters. The Morgan fingerprint density at radius 3 is 2.75 bits per heavy atom. The van der Waals surface area contributed by atoms with Gasteiger partial charge in [0.1, 0.15) is 5.75 Å². The van der Waals surface area contributed by atoms with Gasteiger partial charge in [-0.3, -0.25) is 4.52 Å². The molecule has 1 aliphatic heterocycles. The second kappa shape index (κ2) is 7.23. The highest BCUT2D eigenvalue weighted by Crippen LogP contribution is 2.46. The Balaban J connectivity index is 2.01. The summed E-state index contributed by atoms with van der Waals surface area (Å²) in [5.41, 5.74) is 1.21. The van der Waals surface area contributed by atoms with Crippen molar-refractivity contribution in [2.75, 3.05) is 6.61 Å². The van der Waals surface area contributed by atoms with Crippen LogP contribution >= 0.6 is 7.82 Å². The molecule has 1 N–H and O–H groups in total. The van der Waals surface area contributed by atoms with Crippen LogP contribution in [0.4, 0.5) is 0 Å². The Morgan fingerprint density at radius 1 is 1.30 bits per heavy atom. The van der Waals surface area contributed by atoms with Crippen molar-refractivity contribution in [3.8, 4) is 5.75 Å². The molecule has 1 heterocycles. The Bertz CT molecular complexity index is 459. The van der Waals surface area contributed by atoms with Gasteiger partial charge in [0.25, 0.3) is 0 Å². The van der Waals surface area contributed by atoms with E-state index in [0.29, 0.717) is 12.2 Å². The molecule has 0 bridgehead atoms. The zero-order chi connectivity index (χ0) is 14.4. The topological polar surface area (TPSA) is 65.0 Å². The van der Waals surface area contributed by atoms with E-state index < -0.39 is 14.1 Å². The largest absolute Gasteiger partial charge is 0.475 e. The summed E-state index contributed by atoms with van der Waals surface area (Å²) in [5, 5.41) is 0. The van der Waals surface area contributed by atoms with Gasteiger partial charge in [0.05, 0.1) is 6.61 Å². The summed E-state index contributed by atoms with van der Waals surface area (Å²) in [6.07, 6.45) is 3.34. The molecule has 2 rings (SSSR count). The molecule has 0 aromatic heterocycles. The fourth-order valence-corrected chi connectivity index (χ4v) is 2.90. The Labute approximate surface area is 119 Å². The van der Waals surface area contributed by atoms with Crippen molar-refractivity contribution in [3.63, 3.8) is 0 Å². The van der Waals surface area contributed by atoms with Gasteiger partial charge in [-0.2, -0.15) is 0 Å². The molecular formula is C14H21O5P. The quantitative estimate of drug-likeness (QED) is 0.863. The van der Waals surface area contributed by atoms with Crippen molar-refractivity contribution in [2.24, 2.45) is 0 Å². The predicted molar refractivity (Wildman–Crippen MR) is 75.6 cm³/mol. The van der Waals surface area contributed by atoms with Gasteiger partial charge in [0.2, 0.25) is 6.29 Å². The molecule has 0 aliphatic carbocycles. The van der Waals surface area contributed by atoms with Crippen molar-refractivity contribution in [2.45, 2.75) is 45.3 Å². The van der Waals surface area contributed by atoms with E-state index in [1.807, 2.05) is 24.3 Å². The maximum absolute atomic E-state index is 11.7. The molecule has 20 heavy (non-hydrogen) atoms. The van der Waals surface area contributed by atoms with Gasteiger partial charge in [-0.25, -0.2) is 9.09 Å². The standard InChI is InChI=1S/C14H21O5P/c1-2-12-7-9-13(10-8-12)18-14-6-4-3-5-11-17-20(15,16)19-14/h7-10,14H,2-6,11H2,1H3,(H,15,16). The van der Waals surface area contributed by atoms with Crippen molar-refractivity contribution in [1.29, 1.82) is 0 Å². The Kier molecular flexibility index (Phi) is 5.61. The first kappa shape index (κ1) is 15.5. The normalized spacial score (nSPS) is 28.2.